The maximum absolute atomic E-state index is 14.5. The molecule has 0 bridgehead atoms. The maximum Gasteiger partial charge on any atom is 0.262 e. The molecule has 0 unspecified atom stereocenters. The summed E-state index contributed by atoms with van der Waals surface area (Å²) in [4.78, 5) is 24.5. The summed E-state index contributed by atoms with van der Waals surface area (Å²) in [6.45, 7) is 0.383. The number of ketones is 1. The number of ether oxygens (including phenoxy) is 1. The Morgan fingerprint density at radius 1 is 1.06 bits per heavy atom. The van der Waals surface area contributed by atoms with E-state index < -0.39 is 5.82 Å². The van der Waals surface area contributed by atoms with Crippen LogP contribution < -0.4 is 10.1 Å². The summed E-state index contributed by atoms with van der Waals surface area (Å²) in [6, 6.07) is 21.1. The predicted octanol–water partition coefficient (Wildman–Crippen LogP) is 4.44. The van der Waals surface area contributed by atoms with Gasteiger partial charge in [-0.05, 0) is 35.9 Å². The van der Waals surface area contributed by atoms with E-state index in [2.05, 4.69) is 15.5 Å². The highest BCUT2D eigenvalue weighted by molar-refractivity contribution is 7.99. The molecule has 1 aromatic heterocycles. The maximum atomic E-state index is 14.5. The van der Waals surface area contributed by atoms with Gasteiger partial charge in [0.05, 0.1) is 23.5 Å². The third kappa shape index (κ3) is 4.55. The summed E-state index contributed by atoms with van der Waals surface area (Å²) in [7, 11) is 0. The van der Waals surface area contributed by atoms with Gasteiger partial charge in [0, 0.05) is 5.56 Å². The molecule has 0 saturated carbocycles. The van der Waals surface area contributed by atoms with Gasteiger partial charge in [0.1, 0.15) is 11.6 Å². The number of benzene rings is 3. The molecular weight excluding hydrogens is 455 g/mol. The molecule has 170 valence electrons. The number of thioether (sulfide) groups is 1. The normalized spacial score (nSPS) is 12.6. The standard InChI is InChI=1S/C25H19FN4O3S/c26-19-9-5-4-8-18(19)24-28-29-25(30(24)13-16-6-2-1-3-7-16)34-15-21(31)17-10-11-22-20(12-17)27-23(32)14-33-22/h1-12H,13-15H2,(H,27,32). The van der Waals surface area contributed by atoms with Gasteiger partial charge in [0.15, 0.2) is 23.4 Å². The van der Waals surface area contributed by atoms with Crippen LogP contribution in [0.15, 0.2) is 78.0 Å². The quantitative estimate of drug-likeness (QED) is 0.315. The average Bonchev–Trinajstić information content (AvgIpc) is 3.25. The predicted molar refractivity (Wildman–Crippen MR) is 127 cm³/mol. The van der Waals surface area contributed by atoms with Crippen LogP contribution in [-0.4, -0.2) is 38.8 Å². The number of aromatic nitrogens is 3. The number of nitrogens with one attached hydrogen (secondary N) is 1. The minimum absolute atomic E-state index is 0.0441. The Morgan fingerprint density at radius 2 is 1.85 bits per heavy atom. The molecule has 0 radical (unpaired) electrons. The van der Waals surface area contributed by atoms with Gasteiger partial charge in [0.2, 0.25) is 0 Å². The van der Waals surface area contributed by atoms with E-state index in [0.29, 0.717) is 40.1 Å². The van der Waals surface area contributed by atoms with Crippen molar-refractivity contribution >= 4 is 29.1 Å². The van der Waals surface area contributed by atoms with Crippen LogP contribution in [0.5, 0.6) is 5.75 Å². The first-order chi connectivity index (χ1) is 16.6. The van der Waals surface area contributed by atoms with E-state index >= 15 is 0 Å². The highest BCUT2D eigenvalue weighted by Gasteiger charge is 2.21. The zero-order valence-electron chi connectivity index (χ0n) is 17.9. The zero-order valence-corrected chi connectivity index (χ0v) is 18.7. The lowest BCUT2D eigenvalue weighted by Crippen LogP contribution is -2.25. The van der Waals surface area contributed by atoms with Gasteiger partial charge < -0.3 is 10.1 Å². The number of halogens is 1. The molecule has 7 nitrogen and oxygen atoms in total. The Labute approximate surface area is 199 Å². The fourth-order valence-electron chi connectivity index (χ4n) is 3.62. The van der Waals surface area contributed by atoms with Gasteiger partial charge in [-0.1, -0.05) is 54.2 Å². The van der Waals surface area contributed by atoms with Crippen LogP contribution in [0.4, 0.5) is 10.1 Å². The summed E-state index contributed by atoms with van der Waals surface area (Å²) in [6.07, 6.45) is 0. The van der Waals surface area contributed by atoms with Crippen molar-refractivity contribution in [2.75, 3.05) is 17.7 Å². The van der Waals surface area contributed by atoms with E-state index in [1.54, 1.807) is 36.4 Å². The smallest absolute Gasteiger partial charge is 0.262 e. The van der Waals surface area contributed by atoms with Crippen molar-refractivity contribution < 1.29 is 18.7 Å². The lowest BCUT2D eigenvalue weighted by atomic mass is 10.1. The van der Waals surface area contributed by atoms with E-state index in [4.69, 9.17) is 4.74 Å². The summed E-state index contributed by atoms with van der Waals surface area (Å²) in [5.74, 6) is 0.217. The molecule has 0 atom stereocenters. The van der Waals surface area contributed by atoms with Crippen molar-refractivity contribution in [1.29, 1.82) is 0 Å². The van der Waals surface area contributed by atoms with Crippen molar-refractivity contribution in [3.05, 3.63) is 89.7 Å². The van der Waals surface area contributed by atoms with Gasteiger partial charge in [-0.2, -0.15) is 0 Å². The molecule has 1 amide bonds. The average molecular weight is 475 g/mol. The molecular formula is C25H19FN4O3S. The molecule has 0 fully saturated rings. The second kappa shape index (κ2) is 9.48. The molecule has 9 heteroatoms. The van der Waals surface area contributed by atoms with Gasteiger partial charge in [-0.15, -0.1) is 10.2 Å². The molecule has 0 saturated heterocycles. The van der Waals surface area contributed by atoms with Crippen molar-refractivity contribution in [3.63, 3.8) is 0 Å². The number of rotatable bonds is 7. The van der Waals surface area contributed by atoms with Gasteiger partial charge in [-0.3, -0.25) is 14.2 Å². The molecule has 0 aliphatic carbocycles. The van der Waals surface area contributed by atoms with Crippen LogP contribution in [0.25, 0.3) is 11.4 Å². The Bertz CT molecular complexity index is 1370. The summed E-state index contributed by atoms with van der Waals surface area (Å²) < 4.78 is 21.7. The topological polar surface area (TPSA) is 86.1 Å². The number of nitrogens with zero attached hydrogens (tertiary/aromatic N) is 3. The highest BCUT2D eigenvalue weighted by atomic mass is 32.2. The summed E-state index contributed by atoms with van der Waals surface area (Å²) in [5, 5.41) is 11.7. The molecule has 1 aliphatic rings. The first-order valence-corrected chi connectivity index (χ1v) is 11.5. The Morgan fingerprint density at radius 3 is 2.68 bits per heavy atom. The van der Waals surface area contributed by atoms with Crippen LogP contribution in [0.1, 0.15) is 15.9 Å². The van der Waals surface area contributed by atoms with Gasteiger partial charge in [0.25, 0.3) is 5.91 Å². The molecule has 1 N–H and O–H groups in total. The first-order valence-electron chi connectivity index (χ1n) is 10.5. The highest BCUT2D eigenvalue weighted by Crippen LogP contribution is 2.30. The minimum atomic E-state index is -0.393. The summed E-state index contributed by atoms with van der Waals surface area (Å²) in [5.41, 5.74) is 2.26. The number of hydrogen-bond donors (Lipinski definition) is 1. The monoisotopic (exact) mass is 474 g/mol. The molecule has 2 heterocycles. The van der Waals surface area contributed by atoms with Crippen molar-refractivity contribution in [2.45, 2.75) is 11.7 Å². The number of carbonyl (C=O) groups excluding carboxylic acids is 2. The third-order valence-corrected chi connectivity index (χ3v) is 6.25. The molecule has 0 spiro atoms. The van der Waals surface area contributed by atoms with Crippen LogP contribution >= 0.6 is 11.8 Å². The fourth-order valence-corrected chi connectivity index (χ4v) is 4.45. The van der Waals surface area contributed by atoms with Gasteiger partial charge in [-0.25, -0.2) is 4.39 Å². The zero-order chi connectivity index (χ0) is 23.5. The number of amides is 1. The van der Waals surface area contributed by atoms with E-state index in [0.717, 1.165) is 5.56 Å². The number of Topliss-reactive ketones (excluding diaryl/α,β-unsaturated/α-hetero) is 1. The van der Waals surface area contributed by atoms with Crippen LogP contribution in [0.2, 0.25) is 0 Å². The number of anilines is 1. The Balaban J connectivity index is 1.40. The fraction of sp³-hybridized carbons (Fsp3) is 0.120. The van der Waals surface area contributed by atoms with Crippen LogP contribution in [-0.2, 0) is 11.3 Å². The summed E-state index contributed by atoms with van der Waals surface area (Å²) >= 11 is 1.23. The largest absolute Gasteiger partial charge is 0.482 e. The third-order valence-electron chi connectivity index (χ3n) is 5.28. The molecule has 4 aromatic rings. The SMILES string of the molecule is O=C1COc2ccc(C(=O)CSc3nnc(-c4ccccc4F)n3Cc3ccccc3)cc2N1. The van der Waals surface area contributed by atoms with Crippen molar-refractivity contribution in [3.8, 4) is 17.1 Å². The lowest BCUT2D eigenvalue weighted by molar-refractivity contribution is -0.118. The van der Waals surface area contributed by atoms with Crippen molar-refractivity contribution in [1.82, 2.24) is 14.8 Å². The molecule has 5 rings (SSSR count). The molecule has 34 heavy (non-hydrogen) atoms. The Kier molecular flexibility index (Phi) is 6.09. The number of fused-ring (bicyclic) bond motifs is 1. The van der Waals surface area contributed by atoms with Crippen LogP contribution in [0.3, 0.4) is 0 Å². The van der Waals surface area contributed by atoms with E-state index in [1.165, 1.54) is 17.8 Å². The minimum Gasteiger partial charge on any atom is -0.482 e. The van der Waals surface area contributed by atoms with E-state index in [1.807, 2.05) is 34.9 Å². The molecule has 3 aromatic carbocycles. The van der Waals surface area contributed by atoms with E-state index in [9.17, 15) is 14.0 Å². The molecule has 1 aliphatic heterocycles. The second-order valence-electron chi connectivity index (χ2n) is 7.62. The number of carbonyl (C=O) groups is 2. The van der Waals surface area contributed by atoms with Crippen LogP contribution in [0, 0.1) is 5.82 Å². The van der Waals surface area contributed by atoms with Gasteiger partial charge >= 0.3 is 0 Å². The van der Waals surface area contributed by atoms with Crippen molar-refractivity contribution in [2.24, 2.45) is 0 Å². The second-order valence-corrected chi connectivity index (χ2v) is 8.56. The Hall–Kier alpha value is -3.98. The van der Waals surface area contributed by atoms with E-state index in [-0.39, 0.29) is 24.1 Å². The number of hydrogen-bond acceptors (Lipinski definition) is 6. The lowest BCUT2D eigenvalue weighted by Gasteiger charge is -2.18. The first kappa shape index (κ1) is 21.8.